The Hall–Kier alpha value is -2.22. The van der Waals surface area contributed by atoms with Gasteiger partial charge in [-0.1, -0.05) is 0 Å². The molecule has 0 radical (unpaired) electrons. The van der Waals surface area contributed by atoms with Crippen LogP contribution in [0.2, 0.25) is 0 Å². The number of carboxylic acids is 1. The molecule has 0 unspecified atom stereocenters. The average Bonchev–Trinajstić information content (AvgIpc) is 2.37. The molecule has 1 rings (SSSR count). The molecular weight excluding hydrogens is 234 g/mol. The molecule has 0 heterocycles. The predicted octanol–water partition coefficient (Wildman–Crippen LogP) is 2.20. The first-order valence-corrected chi connectivity index (χ1v) is 5.60. The molecule has 0 saturated heterocycles. The number of aliphatic carboxylic acids is 1. The van der Waals surface area contributed by atoms with Crippen molar-refractivity contribution in [1.29, 1.82) is 5.26 Å². The molecule has 0 saturated carbocycles. The van der Waals surface area contributed by atoms with Gasteiger partial charge in [-0.2, -0.15) is 5.26 Å². The van der Waals surface area contributed by atoms with Crippen molar-refractivity contribution in [2.45, 2.75) is 19.3 Å². The zero-order valence-corrected chi connectivity index (χ0v) is 10.2. The maximum atomic E-state index is 10.3. The topological polar surface area (TPSA) is 79.6 Å². The molecule has 0 spiro atoms. The highest BCUT2D eigenvalue weighted by atomic mass is 16.5. The fraction of sp³-hybridized carbons (Fsp3) is 0.385. The summed E-state index contributed by atoms with van der Waals surface area (Å²) in [4.78, 5) is 10.3. The summed E-state index contributed by atoms with van der Waals surface area (Å²) in [7, 11) is 1.49. The quantitative estimate of drug-likeness (QED) is 0.749. The maximum absolute atomic E-state index is 10.3. The van der Waals surface area contributed by atoms with E-state index in [4.69, 9.17) is 19.8 Å². The lowest BCUT2D eigenvalue weighted by Crippen LogP contribution is -2.00. The van der Waals surface area contributed by atoms with Crippen LogP contribution in [-0.4, -0.2) is 24.8 Å². The number of carbonyl (C=O) groups is 1. The summed E-state index contributed by atoms with van der Waals surface area (Å²) in [5.74, 6) is 0.289. The molecule has 1 N–H and O–H groups in total. The van der Waals surface area contributed by atoms with Crippen LogP contribution in [0, 0.1) is 11.3 Å². The Morgan fingerprint density at radius 3 is 2.83 bits per heavy atom. The average molecular weight is 249 g/mol. The fourth-order valence-electron chi connectivity index (χ4n) is 1.42. The predicted molar refractivity (Wildman–Crippen MR) is 64.7 cm³/mol. The second kappa shape index (κ2) is 7.17. The molecule has 5 heteroatoms. The highest BCUT2D eigenvalue weighted by Gasteiger charge is 2.04. The van der Waals surface area contributed by atoms with E-state index < -0.39 is 5.97 Å². The van der Waals surface area contributed by atoms with Crippen LogP contribution >= 0.6 is 0 Å². The van der Waals surface area contributed by atoms with Gasteiger partial charge in [0.15, 0.2) is 0 Å². The summed E-state index contributed by atoms with van der Waals surface area (Å²) < 4.78 is 10.5. The first kappa shape index (κ1) is 13.8. The van der Waals surface area contributed by atoms with Gasteiger partial charge in [0.05, 0.1) is 19.3 Å². The summed E-state index contributed by atoms with van der Waals surface area (Å²) in [6, 6.07) is 6.99. The Balaban J connectivity index is 2.43. The van der Waals surface area contributed by atoms with E-state index in [0.29, 0.717) is 36.5 Å². The smallest absolute Gasteiger partial charge is 0.303 e. The van der Waals surface area contributed by atoms with Crippen molar-refractivity contribution >= 4 is 5.97 Å². The van der Waals surface area contributed by atoms with Crippen LogP contribution in [-0.2, 0) is 4.79 Å². The number of nitriles is 1. The molecule has 5 nitrogen and oxygen atoms in total. The summed E-state index contributed by atoms with van der Waals surface area (Å²) >= 11 is 0. The number of hydrogen-bond acceptors (Lipinski definition) is 4. The number of methoxy groups -OCH3 is 1. The fourth-order valence-corrected chi connectivity index (χ4v) is 1.42. The minimum Gasteiger partial charge on any atom is -0.495 e. The molecule has 0 aromatic heterocycles. The number of unbranched alkanes of at least 4 members (excludes halogenated alkanes) is 1. The van der Waals surface area contributed by atoms with Crippen LogP contribution in [0.25, 0.3) is 0 Å². The highest BCUT2D eigenvalue weighted by molar-refractivity contribution is 5.66. The molecule has 96 valence electrons. The van der Waals surface area contributed by atoms with E-state index in [1.54, 1.807) is 18.2 Å². The zero-order valence-electron chi connectivity index (χ0n) is 10.2. The van der Waals surface area contributed by atoms with Crippen LogP contribution < -0.4 is 9.47 Å². The molecule has 0 atom stereocenters. The Kier molecular flexibility index (Phi) is 5.52. The number of nitrogens with zero attached hydrogens (tertiary/aromatic N) is 1. The molecule has 0 bridgehead atoms. The van der Waals surface area contributed by atoms with Gasteiger partial charge in [-0.15, -0.1) is 0 Å². The Bertz CT molecular complexity index is 451. The molecule has 0 aliphatic carbocycles. The van der Waals surface area contributed by atoms with Crippen molar-refractivity contribution in [3.63, 3.8) is 0 Å². The SMILES string of the molecule is COc1cc(OCCCCC(=O)O)ccc1C#N. The lowest BCUT2D eigenvalue weighted by Gasteiger charge is -2.08. The first-order valence-electron chi connectivity index (χ1n) is 5.60. The minimum atomic E-state index is -0.796. The van der Waals surface area contributed by atoms with Gasteiger partial charge in [-0.3, -0.25) is 4.79 Å². The minimum absolute atomic E-state index is 0.153. The molecule has 1 aromatic rings. The molecule has 0 amide bonds. The van der Waals surface area contributed by atoms with E-state index in [2.05, 4.69) is 0 Å². The van der Waals surface area contributed by atoms with Crippen LogP contribution in [0.5, 0.6) is 11.5 Å². The Morgan fingerprint density at radius 1 is 1.44 bits per heavy atom. The van der Waals surface area contributed by atoms with E-state index in [0.717, 1.165) is 0 Å². The Labute approximate surface area is 106 Å². The maximum Gasteiger partial charge on any atom is 0.303 e. The van der Waals surface area contributed by atoms with E-state index in [-0.39, 0.29) is 6.42 Å². The van der Waals surface area contributed by atoms with E-state index >= 15 is 0 Å². The van der Waals surface area contributed by atoms with Crippen LogP contribution in [0.1, 0.15) is 24.8 Å². The number of ether oxygens (including phenoxy) is 2. The van der Waals surface area contributed by atoms with E-state index in [1.165, 1.54) is 7.11 Å². The second-order valence-corrected chi connectivity index (χ2v) is 3.67. The number of hydrogen-bond donors (Lipinski definition) is 1. The molecule has 0 aliphatic rings. The van der Waals surface area contributed by atoms with Gasteiger partial charge >= 0.3 is 5.97 Å². The lowest BCUT2D eigenvalue weighted by atomic mass is 10.2. The van der Waals surface area contributed by atoms with Crippen molar-refractivity contribution in [1.82, 2.24) is 0 Å². The third kappa shape index (κ3) is 4.34. The monoisotopic (exact) mass is 249 g/mol. The molecule has 0 aliphatic heterocycles. The van der Waals surface area contributed by atoms with Crippen molar-refractivity contribution in [3.05, 3.63) is 23.8 Å². The molecule has 1 aromatic carbocycles. The molecule has 18 heavy (non-hydrogen) atoms. The number of rotatable bonds is 7. The van der Waals surface area contributed by atoms with Crippen molar-refractivity contribution in [3.8, 4) is 17.6 Å². The normalized spacial score (nSPS) is 9.56. The number of carboxylic acid groups (broad SMARTS) is 1. The first-order chi connectivity index (χ1) is 8.67. The van der Waals surface area contributed by atoms with Gasteiger partial charge in [0.2, 0.25) is 0 Å². The Morgan fingerprint density at radius 2 is 2.22 bits per heavy atom. The summed E-state index contributed by atoms with van der Waals surface area (Å²) in [6.07, 6.45) is 1.41. The van der Waals surface area contributed by atoms with Crippen LogP contribution in [0.4, 0.5) is 0 Å². The van der Waals surface area contributed by atoms with Gasteiger partial charge < -0.3 is 14.6 Å². The van der Waals surface area contributed by atoms with Gasteiger partial charge in [0.1, 0.15) is 17.6 Å². The van der Waals surface area contributed by atoms with Gasteiger partial charge in [-0.25, -0.2) is 0 Å². The second-order valence-electron chi connectivity index (χ2n) is 3.67. The van der Waals surface area contributed by atoms with Gasteiger partial charge in [0, 0.05) is 12.5 Å². The summed E-state index contributed by atoms with van der Waals surface area (Å²) in [5.41, 5.74) is 0.454. The zero-order chi connectivity index (χ0) is 13.4. The van der Waals surface area contributed by atoms with E-state index in [9.17, 15) is 4.79 Å². The summed E-state index contributed by atoms with van der Waals surface area (Å²) in [6.45, 7) is 0.447. The van der Waals surface area contributed by atoms with E-state index in [1.807, 2.05) is 6.07 Å². The largest absolute Gasteiger partial charge is 0.495 e. The summed E-state index contributed by atoms with van der Waals surface area (Å²) in [5, 5.41) is 17.3. The third-order valence-corrected chi connectivity index (χ3v) is 2.35. The third-order valence-electron chi connectivity index (χ3n) is 2.35. The molecular formula is C13H15NO4. The van der Waals surface area contributed by atoms with Crippen LogP contribution in [0.15, 0.2) is 18.2 Å². The van der Waals surface area contributed by atoms with Crippen molar-refractivity contribution in [2.24, 2.45) is 0 Å². The van der Waals surface area contributed by atoms with Gasteiger partial charge in [0.25, 0.3) is 0 Å². The highest BCUT2D eigenvalue weighted by Crippen LogP contribution is 2.24. The van der Waals surface area contributed by atoms with Crippen molar-refractivity contribution in [2.75, 3.05) is 13.7 Å². The van der Waals surface area contributed by atoms with Crippen molar-refractivity contribution < 1.29 is 19.4 Å². The van der Waals surface area contributed by atoms with Crippen LogP contribution in [0.3, 0.4) is 0 Å². The standard InChI is InChI=1S/C13H15NO4/c1-17-12-8-11(6-5-10(12)9-14)18-7-3-2-4-13(15)16/h5-6,8H,2-4,7H2,1H3,(H,15,16). The lowest BCUT2D eigenvalue weighted by molar-refractivity contribution is -0.137. The number of benzene rings is 1. The van der Waals surface area contributed by atoms with Gasteiger partial charge in [-0.05, 0) is 25.0 Å². The molecule has 0 fully saturated rings.